The average Bonchev–Trinajstić information content (AvgIpc) is 2.55. The van der Waals surface area contributed by atoms with Crippen molar-refractivity contribution in [2.75, 3.05) is 13.1 Å². The Kier molecular flexibility index (Phi) is 4.00. The number of H-pyrrole nitrogens is 1. The molecule has 1 aliphatic heterocycles. The molecule has 1 aromatic carbocycles. The van der Waals surface area contributed by atoms with E-state index in [2.05, 4.69) is 9.97 Å². The molecular formula is C16H16FN3O2. The van der Waals surface area contributed by atoms with Gasteiger partial charge in [-0.2, -0.15) is 4.98 Å². The summed E-state index contributed by atoms with van der Waals surface area (Å²) in [6.07, 6.45) is 3.08. The van der Waals surface area contributed by atoms with Crippen molar-refractivity contribution in [3.05, 3.63) is 52.3 Å². The van der Waals surface area contributed by atoms with Gasteiger partial charge in [-0.15, -0.1) is 0 Å². The van der Waals surface area contributed by atoms with Gasteiger partial charge in [-0.25, -0.2) is 9.18 Å². The average molecular weight is 301 g/mol. The van der Waals surface area contributed by atoms with Gasteiger partial charge < -0.3 is 9.88 Å². The number of aromatic amines is 1. The zero-order chi connectivity index (χ0) is 15.5. The lowest BCUT2D eigenvalue weighted by Gasteiger charge is -2.26. The number of nitrogens with zero attached hydrogens (tertiary/aromatic N) is 2. The van der Waals surface area contributed by atoms with Gasteiger partial charge in [0.25, 0.3) is 5.91 Å². The van der Waals surface area contributed by atoms with Gasteiger partial charge in [0, 0.05) is 18.7 Å². The normalized spacial score (nSPS) is 14.9. The minimum atomic E-state index is -0.581. The SMILES string of the molecule is O=C(c1cc(-c2ccc(F)cc2)nc(=O)[nH]1)N1CCCCC1. The molecule has 0 unspecified atom stereocenters. The highest BCUT2D eigenvalue weighted by atomic mass is 19.1. The van der Waals surface area contributed by atoms with Crippen molar-refractivity contribution in [1.82, 2.24) is 14.9 Å². The number of carbonyl (C=O) groups is 1. The van der Waals surface area contributed by atoms with Gasteiger partial charge in [0.05, 0.1) is 5.69 Å². The Morgan fingerprint density at radius 3 is 2.50 bits per heavy atom. The van der Waals surface area contributed by atoms with Crippen LogP contribution >= 0.6 is 0 Å². The lowest BCUT2D eigenvalue weighted by atomic mass is 10.1. The van der Waals surface area contributed by atoms with E-state index >= 15 is 0 Å². The van der Waals surface area contributed by atoms with Crippen molar-refractivity contribution in [1.29, 1.82) is 0 Å². The molecule has 2 heterocycles. The maximum absolute atomic E-state index is 13.0. The lowest BCUT2D eigenvalue weighted by molar-refractivity contribution is 0.0718. The quantitative estimate of drug-likeness (QED) is 0.924. The minimum absolute atomic E-state index is 0.192. The van der Waals surface area contributed by atoms with Crippen LogP contribution in [0.1, 0.15) is 29.8 Å². The standard InChI is InChI=1S/C16H16FN3O2/c17-12-6-4-11(5-7-12)13-10-14(19-16(22)18-13)15(21)20-8-2-1-3-9-20/h4-7,10H,1-3,8-9H2,(H,18,19,22). The molecule has 6 heteroatoms. The molecule has 114 valence electrons. The van der Waals surface area contributed by atoms with E-state index in [1.165, 1.54) is 24.3 Å². The fourth-order valence-corrected chi connectivity index (χ4v) is 2.61. The molecule has 1 saturated heterocycles. The molecule has 1 amide bonds. The maximum Gasteiger partial charge on any atom is 0.346 e. The van der Waals surface area contributed by atoms with Crippen LogP contribution in [0.4, 0.5) is 4.39 Å². The largest absolute Gasteiger partial charge is 0.346 e. The molecule has 3 rings (SSSR count). The summed E-state index contributed by atoms with van der Waals surface area (Å²) < 4.78 is 13.0. The Morgan fingerprint density at radius 1 is 1.14 bits per heavy atom. The first kappa shape index (κ1) is 14.4. The van der Waals surface area contributed by atoms with Gasteiger partial charge in [0.1, 0.15) is 11.5 Å². The maximum atomic E-state index is 13.0. The van der Waals surface area contributed by atoms with Crippen LogP contribution in [0.15, 0.2) is 35.1 Å². The molecule has 1 aliphatic rings. The zero-order valence-corrected chi connectivity index (χ0v) is 12.0. The topological polar surface area (TPSA) is 66.1 Å². The molecule has 0 spiro atoms. The number of hydrogen-bond donors (Lipinski definition) is 1. The molecule has 5 nitrogen and oxygen atoms in total. The van der Waals surface area contributed by atoms with E-state index < -0.39 is 5.69 Å². The van der Waals surface area contributed by atoms with Crippen LogP contribution in [0, 0.1) is 5.82 Å². The van der Waals surface area contributed by atoms with Crippen LogP contribution in [-0.4, -0.2) is 33.9 Å². The number of hydrogen-bond acceptors (Lipinski definition) is 3. The highest BCUT2D eigenvalue weighted by Crippen LogP contribution is 2.18. The number of benzene rings is 1. The molecule has 1 fully saturated rings. The van der Waals surface area contributed by atoms with E-state index in [1.807, 2.05) is 0 Å². The van der Waals surface area contributed by atoms with Gasteiger partial charge >= 0.3 is 5.69 Å². The molecule has 1 N–H and O–H groups in total. The van der Waals surface area contributed by atoms with Gasteiger partial charge in [0.15, 0.2) is 0 Å². The second kappa shape index (κ2) is 6.09. The lowest BCUT2D eigenvalue weighted by Crippen LogP contribution is -2.37. The van der Waals surface area contributed by atoms with E-state index in [4.69, 9.17) is 0 Å². The van der Waals surface area contributed by atoms with Gasteiger partial charge in [-0.05, 0) is 49.6 Å². The Labute approximate surface area is 126 Å². The third kappa shape index (κ3) is 3.05. The van der Waals surface area contributed by atoms with Crippen LogP contribution in [0.25, 0.3) is 11.3 Å². The second-order valence-corrected chi connectivity index (χ2v) is 5.34. The van der Waals surface area contributed by atoms with E-state index in [0.717, 1.165) is 19.3 Å². The van der Waals surface area contributed by atoms with E-state index in [1.54, 1.807) is 11.0 Å². The molecule has 0 radical (unpaired) electrons. The van der Waals surface area contributed by atoms with Crippen molar-refractivity contribution in [3.8, 4) is 11.3 Å². The second-order valence-electron chi connectivity index (χ2n) is 5.34. The summed E-state index contributed by atoms with van der Waals surface area (Å²) in [4.78, 5) is 32.3. The Morgan fingerprint density at radius 2 is 1.82 bits per heavy atom. The molecule has 22 heavy (non-hydrogen) atoms. The van der Waals surface area contributed by atoms with Crippen molar-refractivity contribution in [3.63, 3.8) is 0 Å². The monoisotopic (exact) mass is 301 g/mol. The number of piperidine rings is 1. The van der Waals surface area contributed by atoms with Crippen molar-refractivity contribution < 1.29 is 9.18 Å². The number of likely N-dealkylation sites (tertiary alicyclic amines) is 1. The molecular weight excluding hydrogens is 285 g/mol. The van der Waals surface area contributed by atoms with Gasteiger partial charge in [0.2, 0.25) is 0 Å². The summed E-state index contributed by atoms with van der Waals surface area (Å²) in [5.41, 5.74) is 0.604. The number of carbonyl (C=O) groups excluding carboxylic acids is 1. The molecule has 0 aliphatic carbocycles. The fraction of sp³-hybridized carbons (Fsp3) is 0.312. The van der Waals surface area contributed by atoms with Crippen molar-refractivity contribution in [2.45, 2.75) is 19.3 Å². The summed E-state index contributed by atoms with van der Waals surface area (Å²) in [7, 11) is 0. The van der Waals surface area contributed by atoms with Crippen molar-refractivity contribution in [2.24, 2.45) is 0 Å². The van der Waals surface area contributed by atoms with E-state index in [0.29, 0.717) is 24.3 Å². The summed E-state index contributed by atoms with van der Waals surface area (Å²) in [6, 6.07) is 7.21. The van der Waals surface area contributed by atoms with E-state index in [9.17, 15) is 14.0 Å². The number of rotatable bonds is 2. The molecule has 0 atom stereocenters. The number of halogens is 1. The highest BCUT2D eigenvalue weighted by molar-refractivity contribution is 5.93. The number of nitrogens with one attached hydrogen (secondary N) is 1. The Balaban J connectivity index is 1.94. The van der Waals surface area contributed by atoms with Crippen molar-refractivity contribution >= 4 is 5.91 Å². The zero-order valence-electron chi connectivity index (χ0n) is 12.0. The molecule has 0 saturated carbocycles. The summed E-state index contributed by atoms with van der Waals surface area (Å²) in [5, 5.41) is 0. The Hall–Kier alpha value is -2.50. The fourth-order valence-electron chi connectivity index (χ4n) is 2.61. The number of aromatic nitrogens is 2. The van der Waals surface area contributed by atoms with E-state index in [-0.39, 0.29) is 17.4 Å². The summed E-state index contributed by atoms with van der Waals surface area (Å²) in [5.74, 6) is -0.555. The highest BCUT2D eigenvalue weighted by Gasteiger charge is 2.20. The minimum Gasteiger partial charge on any atom is -0.337 e. The van der Waals surface area contributed by atoms with Crippen LogP contribution < -0.4 is 5.69 Å². The van der Waals surface area contributed by atoms with Crippen LogP contribution in [0.2, 0.25) is 0 Å². The summed E-state index contributed by atoms with van der Waals surface area (Å²) in [6.45, 7) is 1.41. The first-order chi connectivity index (χ1) is 10.6. The third-order valence-corrected chi connectivity index (χ3v) is 3.76. The van der Waals surface area contributed by atoms with Crippen LogP contribution in [0.5, 0.6) is 0 Å². The molecule has 2 aromatic rings. The molecule has 1 aromatic heterocycles. The third-order valence-electron chi connectivity index (χ3n) is 3.76. The number of amides is 1. The van der Waals surface area contributed by atoms with Crippen LogP contribution in [-0.2, 0) is 0 Å². The first-order valence-corrected chi connectivity index (χ1v) is 7.30. The predicted octanol–water partition coefficient (Wildman–Crippen LogP) is 2.20. The molecule has 0 bridgehead atoms. The first-order valence-electron chi connectivity index (χ1n) is 7.30. The van der Waals surface area contributed by atoms with Crippen LogP contribution in [0.3, 0.4) is 0 Å². The van der Waals surface area contributed by atoms with Gasteiger partial charge in [-0.3, -0.25) is 4.79 Å². The predicted molar refractivity (Wildman–Crippen MR) is 80.0 cm³/mol. The smallest absolute Gasteiger partial charge is 0.337 e. The van der Waals surface area contributed by atoms with Gasteiger partial charge in [-0.1, -0.05) is 0 Å². The Bertz CT molecular complexity index is 734. The summed E-state index contributed by atoms with van der Waals surface area (Å²) >= 11 is 0.